The molecule has 2 nitrogen and oxygen atoms in total. The number of hydrogen-bond acceptors (Lipinski definition) is 2. The highest BCUT2D eigenvalue weighted by molar-refractivity contribution is 5.53. The summed E-state index contributed by atoms with van der Waals surface area (Å²) in [6.07, 6.45) is -4.39. The normalized spacial score (nSPS) is 11.0. The van der Waals surface area contributed by atoms with Crippen LogP contribution in [0.3, 0.4) is 0 Å². The number of para-hydroxylation sites is 1. The van der Waals surface area contributed by atoms with Crippen LogP contribution in [0.4, 0.5) is 18.9 Å². The molecule has 0 aliphatic carbocycles. The third-order valence-electron chi connectivity index (χ3n) is 3.17. The predicted octanol–water partition coefficient (Wildman–Crippen LogP) is 4.50. The molecule has 0 radical (unpaired) electrons. The minimum Gasteiger partial charge on any atom is -0.380 e. The van der Waals surface area contributed by atoms with Crippen molar-refractivity contribution < 1.29 is 13.2 Å². The molecule has 21 heavy (non-hydrogen) atoms. The van der Waals surface area contributed by atoms with Gasteiger partial charge < -0.3 is 5.32 Å². The van der Waals surface area contributed by atoms with Crippen LogP contribution in [0, 0.1) is 18.3 Å². The van der Waals surface area contributed by atoms with Gasteiger partial charge in [-0.2, -0.15) is 18.4 Å². The van der Waals surface area contributed by atoms with Crippen molar-refractivity contribution in [2.45, 2.75) is 19.6 Å². The zero-order chi connectivity index (χ0) is 15.5. The smallest absolute Gasteiger partial charge is 0.380 e. The van der Waals surface area contributed by atoms with E-state index in [1.54, 1.807) is 24.3 Å². The van der Waals surface area contributed by atoms with E-state index in [9.17, 15) is 13.2 Å². The van der Waals surface area contributed by atoms with Gasteiger partial charge in [0.15, 0.2) is 0 Å². The Morgan fingerprint density at radius 3 is 2.48 bits per heavy atom. The van der Waals surface area contributed by atoms with Gasteiger partial charge in [-0.1, -0.05) is 18.2 Å². The summed E-state index contributed by atoms with van der Waals surface area (Å²) in [6.45, 7) is 2.10. The van der Waals surface area contributed by atoms with Gasteiger partial charge in [0.2, 0.25) is 0 Å². The summed E-state index contributed by atoms with van der Waals surface area (Å²) in [5, 5.41) is 11.6. The fourth-order valence-electron chi connectivity index (χ4n) is 2.04. The summed E-state index contributed by atoms with van der Waals surface area (Å²) in [4.78, 5) is 0. The van der Waals surface area contributed by atoms with Crippen LogP contribution in [0.1, 0.15) is 22.3 Å². The molecule has 5 heteroatoms. The minimum atomic E-state index is -4.39. The summed E-state index contributed by atoms with van der Waals surface area (Å²) >= 11 is 0. The topological polar surface area (TPSA) is 35.8 Å². The van der Waals surface area contributed by atoms with Crippen LogP contribution >= 0.6 is 0 Å². The van der Waals surface area contributed by atoms with E-state index < -0.39 is 11.7 Å². The van der Waals surface area contributed by atoms with E-state index >= 15 is 0 Å². The molecule has 0 aliphatic rings. The van der Waals surface area contributed by atoms with Crippen LogP contribution in [-0.2, 0) is 12.7 Å². The molecule has 0 bridgehead atoms. The molecule has 0 amide bonds. The first kappa shape index (κ1) is 14.9. The zero-order valence-electron chi connectivity index (χ0n) is 11.3. The molecule has 0 heterocycles. The fourth-order valence-corrected chi connectivity index (χ4v) is 2.04. The molecule has 108 valence electrons. The average molecular weight is 290 g/mol. The van der Waals surface area contributed by atoms with Gasteiger partial charge in [0, 0.05) is 12.2 Å². The van der Waals surface area contributed by atoms with Crippen LogP contribution in [-0.4, -0.2) is 0 Å². The molecule has 2 aromatic rings. The number of anilines is 1. The van der Waals surface area contributed by atoms with Gasteiger partial charge >= 0.3 is 6.18 Å². The van der Waals surface area contributed by atoms with Crippen LogP contribution in [0.15, 0.2) is 42.5 Å². The number of halogens is 3. The first-order valence-electron chi connectivity index (χ1n) is 6.31. The zero-order valence-corrected chi connectivity index (χ0v) is 11.3. The molecule has 0 aromatic heterocycles. The molecule has 0 spiro atoms. The van der Waals surface area contributed by atoms with E-state index in [-0.39, 0.29) is 12.2 Å². The van der Waals surface area contributed by atoms with Crippen LogP contribution in [0.5, 0.6) is 0 Å². The number of benzene rings is 2. The largest absolute Gasteiger partial charge is 0.418 e. The third-order valence-corrected chi connectivity index (χ3v) is 3.17. The Kier molecular flexibility index (Phi) is 4.18. The van der Waals surface area contributed by atoms with Gasteiger partial charge in [0.25, 0.3) is 0 Å². The lowest BCUT2D eigenvalue weighted by Crippen LogP contribution is -2.11. The maximum absolute atomic E-state index is 12.9. The maximum atomic E-state index is 12.9. The Morgan fingerprint density at radius 2 is 1.86 bits per heavy atom. The molecule has 0 fully saturated rings. The van der Waals surface area contributed by atoms with Crippen molar-refractivity contribution in [2.24, 2.45) is 0 Å². The second kappa shape index (κ2) is 5.88. The number of alkyl halides is 3. The molecule has 2 rings (SSSR count). The fraction of sp³-hybridized carbons (Fsp3) is 0.188. The molecule has 0 unspecified atom stereocenters. The average Bonchev–Trinajstić information content (AvgIpc) is 2.45. The molecule has 0 aliphatic heterocycles. The molecule has 0 atom stereocenters. The molecule has 1 N–H and O–H groups in total. The van der Waals surface area contributed by atoms with Crippen molar-refractivity contribution in [1.82, 2.24) is 0 Å². The van der Waals surface area contributed by atoms with E-state index in [0.29, 0.717) is 5.56 Å². The molecular weight excluding hydrogens is 277 g/mol. The van der Waals surface area contributed by atoms with Crippen molar-refractivity contribution in [2.75, 3.05) is 5.32 Å². The first-order valence-corrected chi connectivity index (χ1v) is 6.31. The number of nitrogens with one attached hydrogen (secondary N) is 1. The number of aryl methyl sites for hydroxylation is 1. The van der Waals surface area contributed by atoms with Crippen LogP contribution in [0.2, 0.25) is 0 Å². The second-order valence-corrected chi connectivity index (χ2v) is 4.65. The highest BCUT2D eigenvalue weighted by atomic mass is 19.4. The Bertz CT molecular complexity index is 685. The molecule has 0 saturated carbocycles. The van der Waals surface area contributed by atoms with E-state index in [4.69, 9.17) is 5.26 Å². The van der Waals surface area contributed by atoms with Crippen molar-refractivity contribution in [3.8, 4) is 6.07 Å². The monoisotopic (exact) mass is 290 g/mol. The Labute approximate surface area is 120 Å². The second-order valence-electron chi connectivity index (χ2n) is 4.65. The van der Waals surface area contributed by atoms with Gasteiger partial charge in [-0.3, -0.25) is 0 Å². The molecular formula is C16H13F3N2. The van der Waals surface area contributed by atoms with E-state index in [0.717, 1.165) is 17.2 Å². The predicted molar refractivity (Wildman–Crippen MR) is 74.7 cm³/mol. The van der Waals surface area contributed by atoms with E-state index in [1.165, 1.54) is 12.1 Å². The summed E-state index contributed by atoms with van der Waals surface area (Å²) in [5.41, 5.74) is 1.62. The summed E-state index contributed by atoms with van der Waals surface area (Å²) < 4.78 is 38.6. The van der Waals surface area contributed by atoms with Gasteiger partial charge in [0.05, 0.1) is 17.2 Å². The van der Waals surface area contributed by atoms with Crippen molar-refractivity contribution in [3.63, 3.8) is 0 Å². The number of nitriles is 1. The Hall–Kier alpha value is -2.48. The van der Waals surface area contributed by atoms with Crippen molar-refractivity contribution in [1.29, 1.82) is 5.26 Å². The minimum absolute atomic E-state index is 0.0498. The van der Waals surface area contributed by atoms with Crippen molar-refractivity contribution >= 4 is 5.69 Å². The number of hydrogen-bond donors (Lipinski definition) is 1. The van der Waals surface area contributed by atoms with Crippen LogP contribution < -0.4 is 5.32 Å². The van der Waals surface area contributed by atoms with Gasteiger partial charge in [-0.25, -0.2) is 0 Å². The maximum Gasteiger partial charge on any atom is 0.418 e. The molecule has 2 aromatic carbocycles. The molecule has 0 saturated heterocycles. The number of nitrogens with zero attached hydrogens (tertiary/aromatic N) is 1. The highest BCUT2D eigenvalue weighted by Crippen LogP contribution is 2.34. The Balaban J connectivity index is 2.20. The van der Waals surface area contributed by atoms with Crippen molar-refractivity contribution in [3.05, 3.63) is 64.7 Å². The van der Waals surface area contributed by atoms with Gasteiger partial charge in [0.1, 0.15) is 0 Å². The number of rotatable bonds is 3. The quantitative estimate of drug-likeness (QED) is 0.903. The lowest BCUT2D eigenvalue weighted by Gasteiger charge is -2.15. The highest BCUT2D eigenvalue weighted by Gasteiger charge is 2.33. The van der Waals surface area contributed by atoms with E-state index in [2.05, 4.69) is 5.32 Å². The Morgan fingerprint density at radius 1 is 1.14 bits per heavy atom. The third kappa shape index (κ3) is 3.54. The summed E-state index contributed by atoms with van der Waals surface area (Å²) in [7, 11) is 0. The first-order chi connectivity index (χ1) is 9.91. The van der Waals surface area contributed by atoms with Gasteiger partial charge in [-0.15, -0.1) is 0 Å². The lowest BCUT2D eigenvalue weighted by atomic mass is 10.1. The lowest BCUT2D eigenvalue weighted by molar-refractivity contribution is -0.136. The summed E-state index contributed by atoms with van der Waals surface area (Å²) in [5.74, 6) is 0. The standard InChI is InChI=1S/C16H13F3N2/c1-11-8-12(9-20)6-7-13(11)10-21-15-5-3-2-4-14(15)16(17,18)19/h2-8,21H,10H2,1H3. The van der Waals surface area contributed by atoms with Gasteiger partial charge in [-0.05, 0) is 42.3 Å². The SMILES string of the molecule is Cc1cc(C#N)ccc1CNc1ccccc1C(F)(F)F. The van der Waals surface area contributed by atoms with E-state index in [1.807, 2.05) is 13.0 Å². The van der Waals surface area contributed by atoms with Crippen LogP contribution in [0.25, 0.3) is 0 Å². The summed E-state index contributed by atoms with van der Waals surface area (Å²) in [6, 6.07) is 12.5.